The third-order valence-corrected chi connectivity index (χ3v) is 6.38. The summed E-state index contributed by atoms with van der Waals surface area (Å²) in [5, 5.41) is 3.85. The number of piperazine rings is 1. The van der Waals surface area contributed by atoms with Crippen molar-refractivity contribution in [1.82, 2.24) is 29.7 Å². The largest absolute Gasteiger partial charge is 0.379 e. The van der Waals surface area contributed by atoms with Gasteiger partial charge < -0.3 is 19.9 Å². The first kappa shape index (κ1) is 25.5. The molecule has 2 fully saturated rings. The molecule has 5 rings (SSSR count). The fourth-order valence-electron chi connectivity index (χ4n) is 4.13. The number of anilines is 2. The normalized spacial score (nSPS) is 17.2. The fourth-order valence-corrected chi connectivity index (χ4v) is 4.38. The minimum Gasteiger partial charge on any atom is -0.379 e. The van der Waals surface area contributed by atoms with Crippen LogP contribution in [0.5, 0.6) is 0 Å². The Bertz CT molecular complexity index is 1090. The van der Waals surface area contributed by atoms with E-state index in [9.17, 15) is 0 Å². The van der Waals surface area contributed by atoms with E-state index >= 15 is 0 Å². The fraction of sp³-hybridized carbons (Fsp3) is 0.520. The zero-order valence-electron chi connectivity index (χ0n) is 20.9. The number of hydrogen-bond donors (Lipinski definition) is 1. The van der Waals surface area contributed by atoms with Crippen molar-refractivity contribution in [1.29, 1.82) is 0 Å². The van der Waals surface area contributed by atoms with E-state index in [1.807, 2.05) is 44.2 Å². The number of benzene rings is 1. The summed E-state index contributed by atoms with van der Waals surface area (Å²) in [4.78, 5) is 26.0. The molecule has 0 amide bonds. The Hall–Kier alpha value is -2.59. The van der Waals surface area contributed by atoms with E-state index in [1.54, 1.807) is 0 Å². The van der Waals surface area contributed by atoms with Gasteiger partial charge in [0.05, 0.1) is 13.2 Å². The Balaban J connectivity index is 0.00000141. The smallest absolute Gasteiger partial charge is 0.186 e. The first-order chi connectivity index (χ1) is 17.2. The van der Waals surface area contributed by atoms with Crippen LogP contribution >= 0.6 is 11.6 Å². The number of nitrogens with one attached hydrogen (secondary N) is 1. The predicted octanol–water partition coefficient (Wildman–Crippen LogP) is 3.26. The molecular formula is C25H35ClN8O. The van der Waals surface area contributed by atoms with Crippen LogP contribution in [0, 0.1) is 0 Å². The highest BCUT2D eigenvalue weighted by Gasteiger charge is 2.22. The molecule has 1 aromatic carbocycles. The number of morpholine rings is 1. The summed E-state index contributed by atoms with van der Waals surface area (Å²) in [7, 11) is 2.12. The number of ether oxygens (including phenoxy) is 1. The quantitative estimate of drug-likeness (QED) is 0.550. The molecule has 2 saturated heterocycles. The molecule has 0 atom stereocenters. The van der Waals surface area contributed by atoms with Crippen LogP contribution in [-0.2, 0) is 4.74 Å². The minimum absolute atomic E-state index is 0.388. The van der Waals surface area contributed by atoms with Crippen molar-refractivity contribution in [2.75, 3.05) is 82.8 Å². The van der Waals surface area contributed by atoms with Gasteiger partial charge in [-0.3, -0.25) is 4.90 Å². The summed E-state index contributed by atoms with van der Waals surface area (Å²) in [6.07, 6.45) is 0. The molecule has 35 heavy (non-hydrogen) atoms. The molecule has 4 heterocycles. The molecule has 0 saturated carbocycles. The molecular weight excluding hydrogens is 464 g/mol. The highest BCUT2D eigenvalue weighted by Crippen LogP contribution is 2.29. The van der Waals surface area contributed by atoms with Crippen LogP contribution in [-0.4, -0.2) is 102 Å². The Kier molecular flexibility index (Phi) is 9.03. The topological polar surface area (TPSA) is 82.5 Å². The van der Waals surface area contributed by atoms with Gasteiger partial charge in [-0.25, -0.2) is 19.9 Å². The molecule has 2 aliphatic rings. The highest BCUT2D eigenvalue weighted by atomic mass is 35.5. The van der Waals surface area contributed by atoms with Gasteiger partial charge in [0.15, 0.2) is 33.8 Å². The summed E-state index contributed by atoms with van der Waals surface area (Å²) >= 11 is 6.62. The molecule has 0 radical (unpaired) electrons. The number of halogens is 1. The lowest BCUT2D eigenvalue weighted by atomic mass is 10.2. The van der Waals surface area contributed by atoms with E-state index in [1.165, 1.54) is 0 Å². The van der Waals surface area contributed by atoms with Gasteiger partial charge in [0, 0.05) is 57.9 Å². The second-order valence-corrected chi connectivity index (χ2v) is 8.80. The third kappa shape index (κ3) is 6.35. The maximum atomic E-state index is 6.62. The maximum absolute atomic E-state index is 6.62. The molecule has 188 valence electrons. The van der Waals surface area contributed by atoms with E-state index < -0.39 is 0 Å². The Labute approximate surface area is 212 Å². The second kappa shape index (κ2) is 12.4. The van der Waals surface area contributed by atoms with Crippen LogP contribution in [0.15, 0.2) is 30.3 Å². The molecule has 0 spiro atoms. The van der Waals surface area contributed by atoms with Crippen LogP contribution in [0.2, 0.25) is 5.15 Å². The lowest BCUT2D eigenvalue weighted by Gasteiger charge is -2.33. The molecule has 10 heteroatoms. The molecule has 2 aliphatic heterocycles. The Morgan fingerprint density at radius 3 is 2.34 bits per heavy atom. The van der Waals surface area contributed by atoms with Crippen LogP contribution in [0.4, 0.5) is 11.6 Å². The first-order valence-electron chi connectivity index (χ1n) is 12.5. The number of rotatable bonds is 6. The summed E-state index contributed by atoms with van der Waals surface area (Å²) in [5.74, 6) is 1.97. The monoisotopic (exact) mass is 498 g/mol. The van der Waals surface area contributed by atoms with Crippen molar-refractivity contribution in [3.8, 4) is 11.4 Å². The van der Waals surface area contributed by atoms with Gasteiger partial charge in [-0.15, -0.1) is 0 Å². The van der Waals surface area contributed by atoms with Gasteiger partial charge in [-0.2, -0.15) is 0 Å². The van der Waals surface area contributed by atoms with Crippen LogP contribution in [0.1, 0.15) is 13.8 Å². The van der Waals surface area contributed by atoms with Crippen LogP contribution in [0.3, 0.4) is 0 Å². The van der Waals surface area contributed by atoms with E-state index in [4.69, 9.17) is 36.3 Å². The van der Waals surface area contributed by atoms with Gasteiger partial charge in [0.2, 0.25) is 0 Å². The van der Waals surface area contributed by atoms with Gasteiger partial charge in [-0.05, 0) is 7.05 Å². The molecule has 9 nitrogen and oxygen atoms in total. The average molecular weight is 499 g/mol. The van der Waals surface area contributed by atoms with E-state index in [2.05, 4.69) is 27.1 Å². The molecule has 0 aliphatic carbocycles. The Morgan fingerprint density at radius 2 is 1.63 bits per heavy atom. The summed E-state index contributed by atoms with van der Waals surface area (Å²) in [6, 6.07) is 9.96. The molecule has 0 bridgehead atoms. The number of fused-ring (bicyclic) bond motifs is 1. The average Bonchev–Trinajstić information content (AvgIpc) is 2.91. The zero-order valence-corrected chi connectivity index (χ0v) is 21.6. The van der Waals surface area contributed by atoms with Crippen molar-refractivity contribution in [3.63, 3.8) is 0 Å². The van der Waals surface area contributed by atoms with Crippen LogP contribution < -0.4 is 10.2 Å². The van der Waals surface area contributed by atoms with Gasteiger partial charge in [0.1, 0.15) is 0 Å². The first-order valence-corrected chi connectivity index (χ1v) is 12.8. The van der Waals surface area contributed by atoms with Crippen molar-refractivity contribution in [3.05, 3.63) is 35.5 Å². The summed E-state index contributed by atoms with van der Waals surface area (Å²) in [5.41, 5.74) is 2.09. The number of hydrogen-bond acceptors (Lipinski definition) is 9. The predicted molar refractivity (Wildman–Crippen MR) is 142 cm³/mol. The van der Waals surface area contributed by atoms with E-state index in [0.29, 0.717) is 33.8 Å². The number of aromatic nitrogens is 4. The van der Waals surface area contributed by atoms with Crippen molar-refractivity contribution in [2.24, 2.45) is 0 Å². The number of likely N-dealkylation sites (N-methyl/N-ethyl adjacent to an activating group) is 1. The zero-order chi connectivity index (χ0) is 24.6. The summed E-state index contributed by atoms with van der Waals surface area (Å²) in [6.45, 7) is 12.7. The lowest BCUT2D eigenvalue weighted by Crippen LogP contribution is -2.45. The molecule has 2 aromatic heterocycles. The standard InChI is InChI=1S/C23H29ClN8O.C2H6/c1-30-9-11-32(12-10-30)23-19(24)26-18-21(25-7-8-31-13-15-33-16-14-31)27-20(28-22(18)29-23)17-5-3-2-4-6-17;1-2/h2-6H,7-16H2,1H3,(H,25,27,28,29);1-2H3. The van der Waals surface area contributed by atoms with E-state index in [0.717, 1.165) is 71.1 Å². The van der Waals surface area contributed by atoms with E-state index in [-0.39, 0.29) is 0 Å². The van der Waals surface area contributed by atoms with Gasteiger partial charge in [-0.1, -0.05) is 55.8 Å². The molecule has 1 N–H and O–H groups in total. The van der Waals surface area contributed by atoms with Crippen molar-refractivity contribution < 1.29 is 4.74 Å². The number of nitrogens with zero attached hydrogens (tertiary/aromatic N) is 7. The SMILES string of the molecule is CC.CN1CCN(c2nc3nc(-c4ccccc4)nc(NCCN4CCOCC4)c3nc2Cl)CC1. The minimum atomic E-state index is 0.388. The van der Waals surface area contributed by atoms with Gasteiger partial charge >= 0.3 is 0 Å². The second-order valence-electron chi connectivity index (χ2n) is 8.44. The Morgan fingerprint density at radius 1 is 0.914 bits per heavy atom. The van der Waals surface area contributed by atoms with Crippen molar-refractivity contribution >= 4 is 34.4 Å². The summed E-state index contributed by atoms with van der Waals surface area (Å²) < 4.78 is 5.44. The highest BCUT2D eigenvalue weighted by molar-refractivity contribution is 6.32. The molecule has 0 unspecified atom stereocenters. The van der Waals surface area contributed by atoms with Crippen molar-refractivity contribution in [2.45, 2.75) is 13.8 Å². The third-order valence-electron chi connectivity index (χ3n) is 6.13. The lowest BCUT2D eigenvalue weighted by molar-refractivity contribution is 0.0398. The molecule has 3 aromatic rings. The van der Waals surface area contributed by atoms with Gasteiger partial charge in [0.25, 0.3) is 0 Å². The maximum Gasteiger partial charge on any atom is 0.186 e. The van der Waals surface area contributed by atoms with Crippen LogP contribution in [0.25, 0.3) is 22.6 Å².